The maximum Gasteiger partial charge on any atom is 0.298 e. The number of benzene rings is 2. The standard InChI is InChI=1S/C17H12ClNO3S/c1-22-14-7-3-6-13(10-14)19-16(20)15(23-17(19)21)9-11-4-2-5-12(18)8-11/h2-10H,1H3/b15-9-. The second-order valence-corrected chi connectivity index (χ2v) is 6.20. The van der Waals surface area contributed by atoms with Crippen molar-refractivity contribution >= 4 is 46.3 Å². The van der Waals surface area contributed by atoms with Crippen LogP contribution in [0.1, 0.15) is 5.56 Å². The van der Waals surface area contributed by atoms with Crippen molar-refractivity contribution in [1.82, 2.24) is 0 Å². The molecule has 116 valence electrons. The first-order valence-electron chi connectivity index (χ1n) is 6.76. The van der Waals surface area contributed by atoms with E-state index in [-0.39, 0.29) is 11.1 Å². The van der Waals surface area contributed by atoms with E-state index in [1.54, 1.807) is 48.5 Å². The zero-order valence-electron chi connectivity index (χ0n) is 12.2. The van der Waals surface area contributed by atoms with Crippen molar-refractivity contribution < 1.29 is 14.3 Å². The van der Waals surface area contributed by atoms with E-state index in [4.69, 9.17) is 16.3 Å². The summed E-state index contributed by atoms with van der Waals surface area (Å²) in [5.41, 5.74) is 1.26. The summed E-state index contributed by atoms with van der Waals surface area (Å²) in [5, 5.41) is 0.238. The van der Waals surface area contributed by atoms with Crippen LogP contribution in [-0.4, -0.2) is 18.3 Å². The number of amides is 2. The number of hydrogen-bond acceptors (Lipinski definition) is 4. The van der Waals surface area contributed by atoms with Gasteiger partial charge in [0, 0.05) is 11.1 Å². The fraction of sp³-hybridized carbons (Fsp3) is 0.0588. The monoisotopic (exact) mass is 345 g/mol. The third-order valence-electron chi connectivity index (χ3n) is 3.25. The molecule has 0 aromatic heterocycles. The van der Waals surface area contributed by atoms with Crippen LogP contribution < -0.4 is 9.64 Å². The van der Waals surface area contributed by atoms with Crippen molar-refractivity contribution in [2.45, 2.75) is 0 Å². The Morgan fingerprint density at radius 1 is 1.13 bits per heavy atom. The SMILES string of the molecule is COc1cccc(N2C(=O)S/C(=C\c3cccc(Cl)c3)C2=O)c1. The zero-order valence-corrected chi connectivity index (χ0v) is 13.7. The van der Waals surface area contributed by atoms with Gasteiger partial charge in [0.15, 0.2) is 0 Å². The molecule has 0 bridgehead atoms. The highest BCUT2D eigenvalue weighted by Gasteiger charge is 2.36. The Kier molecular flexibility index (Phi) is 4.41. The third-order valence-corrected chi connectivity index (χ3v) is 4.36. The van der Waals surface area contributed by atoms with Crippen molar-refractivity contribution in [1.29, 1.82) is 0 Å². The highest BCUT2D eigenvalue weighted by molar-refractivity contribution is 8.19. The van der Waals surface area contributed by atoms with Gasteiger partial charge in [-0.3, -0.25) is 9.59 Å². The summed E-state index contributed by atoms with van der Waals surface area (Å²) >= 11 is 6.85. The molecule has 0 saturated carbocycles. The summed E-state index contributed by atoms with van der Waals surface area (Å²) in [7, 11) is 1.53. The number of imide groups is 1. The van der Waals surface area contributed by atoms with E-state index in [0.717, 1.165) is 22.2 Å². The van der Waals surface area contributed by atoms with Crippen LogP contribution in [0.15, 0.2) is 53.4 Å². The zero-order chi connectivity index (χ0) is 16.4. The first-order valence-corrected chi connectivity index (χ1v) is 7.95. The molecule has 3 rings (SSSR count). The van der Waals surface area contributed by atoms with Gasteiger partial charge in [0.25, 0.3) is 11.1 Å². The van der Waals surface area contributed by atoms with Gasteiger partial charge in [-0.1, -0.05) is 29.8 Å². The van der Waals surface area contributed by atoms with E-state index in [2.05, 4.69) is 0 Å². The van der Waals surface area contributed by atoms with Gasteiger partial charge in [0.2, 0.25) is 0 Å². The van der Waals surface area contributed by atoms with E-state index >= 15 is 0 Å². The van der Waals surface area contributed by atoms with Gasteiger partial charge in [0.05, 0.1) is 17.7 Å². The molecule has 0 spiro atoms. The molecule has 0 radical (unpaired) electrons. The lowest BCUT2D eigenvalue weighted by Crippen LogP contribution is -2.27. The first kappa shape index (κ1) is 15.6. The quantitative estimate of drug-likeness (QED) is 0.763. The number of ether oxygens (including phenoxy) is 1. The van der Waals surface area contributed by atoms with Crippen molar-refractivity contribution in [2.75, 3.05) is 12.0 Å². The summed E-state index contributed by atoms with van der Waals surface area (Å²) in [6.45, 7) is 0. The Labute approximate surface area is 142 Å². The smallest absolute Gasteiger partial charge is 0.298 e. The van der Waals surface area contributed by atoms with Crippen LogP contribution in [0.5, 0.6) is 5.75 Å². The van der Waals surface area contributed by atoms with Crippen molar-refractivity contribution in [3.05, 3.63) is 64.0 Å². The summed E-state index contributed by atoms with van der Waals surface area (Å²) < 4.78 is 5.14. The molecule has 0 atom stereocenters. The highest BCUT2D eigenvalue weighted by atomic mass is 35.5. The predicted octanol–water partition coefficient (Wildman–Crippen LogP) is 4.59. The van der Waals surface area contributed by atoms with E-state index in [1.807, 2.05) is 6.07 Å². The maximum absolute atomic E-state index is 12.5. The molecule has 0 unspecified atom stereocenters. The molecule has 1 aliphatic rings. The van der Waals surface area contributed by atoms with E-state index in [9.17, 15) is 9.59 Å². The molecular formula is C17H12ClNO3S. The molecular weight excluding hydrogens is 334 g/mol. The minimum Gasteiger partial charge on any atom is -0.497 e. The fourth-order valence-electron chi connectivity index (χ4n) is 2.19. The third kappa shape index (κ3) is 3.25. The van der Waals surface area contributed by atoms with Crippen LogP contribution in [0.2, 0.25) is 5.02 Å². The molecule has 0 aliphatic carbocycles. The van der Waals surface area contributed by atoms with Crippen molar-refractivity contribution in [2.24, 2.45) is 0 Å². The molecule has 6 heteroatoms. The lowest BCUT2D eigenvalue weighted by Gasteiger charge is -2.13. The molecule has 2 aromatic carbocycles. The van der Waals surface area contributed by atoms with Gasteiger partial charge in [-0.2, -0.15) is 0 Å². The Bertz CT molecular complexity index is 819. The first-order chi connectivity index (χ1) is 11.1. The largest absolute Gasteiger partial charge is 0.497 e. The Balaban J connectivity index is 1.93. The number of thioether (sulfide) groups is 1. The number of rotatable bonds is 3. The number of methoxy groups -OCH3 is 1. The van der Waals surface area contributed by atoms with Crippen LogP contribution >= 0.6 is 23.4 Å². The lowest BCUT2D eigenvalue weighted by atomic mass is 10.2. The van der Waals surface area contributed by atoms with Gasteiger partial charge >= 0.3 is 0 Å². The minimum absolute atomic E-state index is 0.337. The molecule has 4 nitrogen and oxygen atoms in total. The highest BCUT2D eigenvalue weighted by Crippen LogP contribution is 2.36. The predicted molar refractivity (Wildman–Crippen MR) is 92.9 cm³/mol. The Hall–Kier alpha value is -2.24. The fourth-order valence-corrected chi connectivity index (χ4v) is 3.23. The number of anilines is 1. The Morgan fingerprint density at radius 2 is 1.91 bits per heavy atom. The van der Waals surface area contributed by atoms with Crippen LogP contribution in [-0.2, 0) is 4.79 Å². The number of hydrogen-bond donors (Lipinski definition) is 0. The second kappa shape index (κ2) is 6.48. The van der Waals surface area contributed by atoms with Crippen LogP contribution in [0.3, 0.4) is 0 Å². The molecule has 1 aliphatic heterocycles. The number of halogens is 1. The van der Waals surface area contributed by atoms with Crippen LogP contribution in [0, 0.1) is 0 Å². The summed E-state index contributed by atoms with van der Waals surface area (Å²) in [6.07, 6.45) is 1.66. The number of carbonyl (C=O) groups is 2. The molecule has 2 aromatic rings. The molecule has 2 amide bonds. The van der Waals surface area contributed by atoms with Gasteiger partial charge in [-0.25, -0.2) is 4.90 Å². The van der Waals surface area contributed by atoms with E-state index in [0.29, 0.717) is 21.4 Å². The molecule has 1 fully saturated rings. The van der Waals surface area contributed by atoms with Gasteiger partial charge in [-0.05, 0) is 47.7 Å². The van der Waals surface area contributed by atoms with Crippen LogP contribution in [0.25, 0.3) is 6.08 Å². The van der Waals surface area contributed by atoms with Crippen molar-refractivity contribution in [3.8, 4) is 5.75 Å². The average molecular weight is 346 g/mol. The van der Waals surface area contributed by atoms with Gasteiger partial charge in [0.1, 0.15) is 5.75 Å². The van der Waals surface area contributed by atoms with Gasteiger partial charge in [-0.15, -0.1) is 0 Å². The van der Waals surface area contributed by atoms with Crippen molar-refractivity contribution in [3.63, 3.8) is 0 Å². The topological polar surface area (TPSA) is 46.6 Å². The Morgan fingerprint density at radius 3 is 2.65 bits per heavy atom. The van der Waals surface area contributed by atoms with E-state index in [1.165, 1.54) is 7.11 Å². The summed E-state index contributed by atoms with van der Waals surface area (Å²) in [6, 6.07) is 13.9. The maximum atomic E-state index is 12.5. The molecule has 0 N–H and O–H groups in total. The van der Waals surface area contributed by atoms with Crippen LogP contribution in [0.4, 0.5) is 10.5 Å². The average Bonchev–Trinajstić information content (AvgIpc) is 2.81. The summed E-state index contributed by atoms with van der Waals surface area (Å²) in [5.74, 6) is 0.230. The second-order valence-electron chi connectivity index (χ2n) is 4.77. The number of carbonyl (C=O) groups excluding carboxylic acids is 2. The number of nitrogens with zero attached hydrogens (tertiary/aromatic N) is 1. The normalized spacial score (nSPS) is 16.3. The molecule has 1 heterocycles. The summed E-state index contributed by atoms with van der Waals surface area (Å²) in [4.78, 5) is 26.3. The van der Waals surface area contributed by atoms with Gasteiger partial charge < -0.3 is 4.74 Å². The molecule has 23 heavy (non-hydrogen) atoms. The van der Waals surface area contributed by atoms with E-state index < -0.39 is 0 Å². The minimum atomic E-state index is -0.353. The molecule has 1 saturated heterocycles. The lowest BCUT2D eigenvalue weighted by molar-refractivity contribution is -0.113.